The maximum absolute atomic E-state index is 13.2. The molecule has 206 valence electrons. The number of aromatic nitrogens is 5. The van der Waals surface area contributed by atoms with E-state index in [1.807, 2.05) is 31.7 Å². The van der Waals surface area contributed by atoms with Gasteiger partial charge in [-0.15, -0.1) is 5.10 Å². The van der Waals surface area contributed by atoms with Crippen molar-refractivity contribution in [2.45, 2.75) is 51.2 Å². The molecule has 39 heavy (non-hydrogen) atoms. The van der Waals surface area contributed by atoms with Gasteiger partial charge < -0.3 is 19.9 Å². The van der Waals surface area contributed by atoms with Crippen LogP contribution in [0.4, 0.5) is 11.4 Å². The van der Waals surface area contributed by atoms with Gasteiger partial charge in [-0.2, -0.15) is 0 Å². The van der Waals surface area contributed by atoms with Crippen molar-refractivity contribution in [2.24, 2.45) is 11.3 Å². The number of nitrogens with zero attached hydrogens (tertiary/aromatic N) is 7. The van der Waals surface area contributed by atoms with Crippen LogP contribution in [0.2, 0.25) is 0 Å². The summed E-state index contributed by atoms with van der Waals surface area (Å²) in [5.41, 5.74) is 4.08. The van der Waals surface area contributed by atoms with Gasteiger partial charge in [-0.25, -0.2) is 4.68 Å². The largest absolute Gasteiger partial charge is 0.380 e. The number of anilines is 2. The van der Waals surface area contributed by atoms with E-state index in [0.29, 0.717) is 11.5 Å². The van der Waals surface area contributed by atoms with Crippen molar-refractivity contribution in [3.05, 3.63) is 53.3 Å². The predicted molar refractivity (Wildman–Crippen MR) is 150 cm³/mol. The Balaban J connectivity index is 1.01. The highest BCUT2D eigenvalue weighted by molar-refractivity contribution is 5.64. The summed E-state index contributed by atoms with van der Waals surface area (Å²) in [5.74, 6) is 0.860. The van der Waals surface area contributed by atoms with Crippen LogP contribution < -0.4 is 20.7 Å². The summed E-state index contributed by atoms with van der Waals surface area (Å²) >= 11 is 0. The lowest BCUT2D eigenvalue weighted by Gasteiger charge is -2.55. The molecule has 0 aromatic carbocycles. The molecule has 6 heterocycles. The Kier molecular flexibility index (Phi) is 6.39. The highest BCUT2D eigenvalue weighted by atomic mass is 16.5. The molecule has 1 aliphatic carbocycles. The molecule has 0 bridgehead atoms. The summed E-state index contributed by atoms with van der Waals surface area (Å²) < 4.78 is 8.86. The number of nitrogens with one attached hydrogen (secondary N) is 1. The molecular formula is C29H38N8O2. The fourth-order valence-corrected chi connectivity index (χ4v) is 6.37. The zero-order valence-electron chi connectivity index (χ0n) is 22.7. The van der Waals surface area contributed by atoms with Crippen molar-refractivity contribution >= 4 is 11.4 Å². The van der Waals surface area contributed by atoms with Crippen LogP contribution in [-0.4, -0.2) is 76.5 Å². The molecule has 3 aromatic rings. The quantitative estimate of drug-likeness (QED) is 0.475. The fourth-order valence-electron chi connectivity index (χ4n) is 6.37. The molecule has 2 atom stereocenters. The first-order chi connectivity index (χ1) is 19.1. The van der Waals surface area contributed by atoms with E-state index in [2.05, 4.69) is 42.5 Å². The average Bonchev–Trinajstić information content (AvgIpc) is 3.37. The molecular weight excluding hydrogens is 492 g/mol. The van der Waals surface area contributed by atoms with E-state index in [-0.39, 0.29) is 11.7 Å². The van der Waals surface area contributed by atoms with Crippen LogP contribution in [0, 0.1) is 11.3 Å². The summed E-state index contributed by atoms with van der Waals surface area (Å²) in [4.78, 5) is 22.3. The van der Waals surface area contributed by atoms with Gasteiger partial charge in [0, 0.05) is 61.9 Å². The molecule has 0 amide bonds. The van der Waals surface area contributed by atoms with Crippen molar-refractivity contribution in [3.63, 3.8) is 0 Å². The first kappa shape index (κ1) is 24.8. The molecule has 0 radical (unpaired) electrons. The molecule has 4 fully saturated rings. The van der Waals surface area contributed by atoms with E-state index in [0.717, 1.165) is 80.9 Å². The number of pyridine rings is 2. The molecule has 10 nitrogen and oxygen atoms in total. The van der Waals surface area contributed by atoms with E-state index in [1.165, 1.54) is 25.7 Å². The number of hydrogen-bond acceptors (Lipinski definition) is 8. The summed E-state index contributed by atoms with van der Waals surface area (Å²) in [6, 6.07) is 6.44. The SMILES string of the molecule is CC(n1cc(-c2cncc(N3CC4(COC4)C3)c2)nn1)n1ccc(N2CCC[C@@H](NCC3CCC3)C2)cc1=O. The Bertz CT molecular complexity index is 1370. The molecule has 7 rings (SSSR count). The standard InChI is InChI=1S/C29H38N8O2/c1-21(36-9-7-25(11-28(36)38)34-8-3-6-24(15-34)31-12-22-4-2-5-22)37-16-27(32-33-37)23-10-26(14-30-13-23)35-17-29(18-35)19-39-20-29/h7,9-11,13-14,16,21-22,24,31H,2-6,8,12,15,17-20H2,1H3/t21?,24-/m1/s1. The molecule has 1 spiro atoms. The van der Waals surface area contributed by atoms with Gasteiger partial charge >= 0.3 is 0 Å². The maximum Gasteiger partial charge on any atom is 0.254 e. The monoisotopic (exact) mass is 530 g/mol. The van der Waals surface area contributed by atoms with Crippen LogP contribution in [0.1, 0.15) is 45.2 Å². The van der Waals surface area contributed by atoms with Gasteiger partial charge in [-0.05, 0) is 57.2 Å². The Hall–Kier alpha value is -3.24. The molecule has 10 heteroatoms. The van der Waals surface area contributed by atoms with Gasteiger partial charge in [-0.3, -0.25) is 14.3 Å². The number of ether oxygens (including phenoxy) is 1. The molecule has 1 unspecified atom stereocenters. The van der Waals surface area contributed by atoms with E-state index in [4.69, 9.17) is 4.74 Å². The summed E-state index contributed by atoms with van der Waals surface area (Å²) in [6.07, 6.45) is 13.7. The van der Waals surface area contributed by atoms with Gasteiger partial charge in [0.15, 0.2) is 0 Å². The third-order valence-corrected chi connectivity index (χ3v) is 9.19. The van der Waals surface area contributed by atoms with Gasteiger partial charge in [0.1, 0.15) is 11.9 Å². The van der Waals surface area contributed by atoms with Crippen molar-refractivity contribution in [2.75, 3.05) is 55.7 Å². The second-order valence-corrected chi connectivity index (χ2v) is 12.1. The first-order valence-corrected chi connectivity index (χ1v) is 14.5. The number of hydrogen-bond donors (Lipinski definition) is 1. The highest BCUT2D eigenvalue weighted by Gasteiger charge is 2.49. The topological polar surface area (TPSA) is 93.3 Å². The maximum atomic E-state index is 13.2. The lowest BCUT2D eigenvalue weighted by molar-refractivity contribution is -0.127. The zero-order chi connectivity index (χ0) is 26.4. The van der Waals surface area contributed by atoms with Crippen molar-refractivity contribution in [1.29, 1.82) is 0 Å². The minimum absolute atomic E-state index is 0.0306. The number of rotatable bonds is 8. The lowest BCUT2D eigenvalue weighted by atomic mass is 9.78. The van der Waals surface area contributed by atoms with Crippen LogP contribution >= 0.6 is 0 Å². The molecule has 4 aliphatic rings. The van der Waals surface area contributed by atoms with Crippen LogP contribution in [0.25, 0.3) is 11.3 Å². The minimum atomic E-state index is -0.295. The average molecular weight is 531 g/mol. The predicted octanol–water partition coefficient (Wildman–Crippen LogP) is 2.76. The summed E-state index contributed by atoms with van der Waals surface area (Å²) in [5, 5.41) is 12.5. The fraction of sp³-hybridized carbons (Fsp3) is 0.586. The number of piperidine rings is 1. The van der Waals surface area contributed by atoms with E-state index >= 15 is 0 Å². The van der Waals surface area contributed by atoms with E-state index in [9.17, 15) is 4.79 Å². The van der Waals surface area contributed by atoms with Crippen LogP contribution in [0.3, 0.4) is 0 Å². The van der Waals surface area contributed by atoms with Crippen LogP contribution in [0.15, 0.2) is 47.8 Å². The second kappa shape index (κ2) is 10.1. The van der Waals surface area contributed by atoms with Gasteiger partial charge in [0.25, 0.3) is 5.56 Å². The lowest BCUT2D eigenvalue weighted by Crippen LogP contribution is -2.66. The van der Waals surface area contributed by atoms with E-state index in [1.54, 1.807) is 15.3 Å². The van der Waals surface area contributed by atoms with Crippen LogP contribution in [-0.2, 0) is 4.74 Å². The smallest absolute Gasteiger partial charge is 0.254 e. The van der Waals surface area contributed by atoms with Crippen LogP contribution in [0.5, 0.6) is 0 Å². The van der Waals surface area contributed by atoms with E-state index < -0.39 is 0 Å². The Morgan fingerprint density at radius 1 is 1.10 bits per heavy atom. The normalized spacial score (nSPS) is 23.3. The van der Waals surface area contributed by atoms with Gasteiger partial charge in [0.05, 0.1) is 36.7 Å². The third kappa shape index (κ3) is 4.84. The third-order valence-electron chi connectivity index (χ3n) is 9.19. The van der Waals surface area contributed by atoms with Crippen molar-refractivity contribution in [3.8, 4) is 11.3 Å². The molecule has 3 aromatic heterocycles. The van der Waals surface area contributed by atoms with Crippen molar-refractivity contribution < 1.29 is 4.74 Å². The first-order valence-electron chi connectivity index (χ1n) is 14.5. The minimum Gasteiger partial charge on any atom is -0.380 e. The summed E-state index contributed by atoms with van der Waals surface area (Å²) in [6.45, 7) is 8.79. The highest BCUT2D eigenvalue weighted by Crippen LogP contribution is 2.40. The van der Waals surface area contributed by atoms with Crippen molar-refractivity contribution in [1.82, 2.24) is 29.9 Å². The molecule has 1 N–H and O–H groups in total. The second-order valence-electron chi connectivity index (χ2n) is 12.1. The van der Waals surface area contributed by atoms with Gasteiger partial charge in [0.2, 0.25) is 0 Å². The van der Waals surface area contributed by atoms with Gasteiger partial charge in [-0.1, -0.05) is 11.6 Å². The molecule has 3 aliphatic heterocycles. The Morgan fingerprint density at radius 3 is 2.72 bits per heavy atom. The Morgan fingerprint density at radius 2 is 1.97 bits per heavy atom. The summed E-state index contributed by atoms with van der Waals surface area (Å²) in [7, 11) is 0. The molecule has 1 saturated carbocycles. The Labute approximate surface area is 229 Å². The zero-order valence-corrected chi connectivity index (χ0v) is 22.7. The molecule has 3 saturated heterocycles.